The maximum Gasteiger partial charge on any atom is 0.334 e. The van der Waals surface area contributed by atoms with Crippen molar-refractivity contribution in [2.45, 2.75) is 19.1 Å². The largest absolute Gasteiger partial charge is 0.478 e. The second kappa shape index (κ2) is 2.68. The number of ether oxygens (including phenoxy) is 2. The zero-order valence-corrected chi connectivity index (χ0v) is 5.90. The fraction of sp³-hybridized carbons (Fsp3) is 0.667. The van der Waals surface area contributed by atoms with Gasteiger partial charge in [-0.2, -0.15) is 0 Å². The van der Waals surface area contributed by atoms with E-state index in [1.54, 1.807) is 6.92 Å². The molecule has 0 aromatic carbocycles. The molecular formula is C6H9NO3. The van der Waals surface area contributed by atoms with E-state index in [9.17, 15) is 4.79 Å². The molecule has 0 aromatic heterocycles. The molecule has 1 aliphatic heterocycles. The molecule has 0 aliphatic carbocycles. The summed E-state index contributed by atoms with van der Waals surface area (Å²) in [7, 11) is 1.34. The maximum absolute atomic E-state index is 10.8. The van der Waals surface area contributed by atoms with Gasteiger partial charge in [-0.15, -0.1) is 0 Å². The van der Waals surface area contributed by atoms with Gasteiger partial charge < -0.3 is 9.47 Å². The van der Waals surface area contributed by atoms with Crippen LogP contribution in [0.1, 0.15) is 6.92 Å². The van der Waals surface area contributed by atoms with Gasteiger partial charge in [0.15, 0.2) is 12.4 Å². The summed E-state index contributed by atoms with van der Waals surface area (Å²) in [6.45, 7) is 1.77. The van der Waals surface area contributed by atoms with Crippen molar-refractivity contribution in [1.82, 2.24) is 0 Å². The summed E-state index contributed by atoms with van der Waals surface area (Å²) in [5.41, 5.74) is 0. The highest BCUT2D eigenvalue weighted by molar-refractivity contribution is 5.79. The highest BCUT2D eigenvalue weighted by Gasteiger charge is 2.29. The smallest absolute Gasteiger partial charge is 0.334 e. The Morgan fingerprint density at radius 2 is 2.50 bits per heavy atom. The first-order chi connectivity index (χ1) is 4.75. The van der Waals surface area contributed by atoms with E-state index in [1.165, 1.54) is 13.5 Å². The molecule has 0 N–H and O–H groups in total. The Balaban J connectivity index is 2.55. The van der Waals surface area contributed by atoms with Gasteiger partial charge >= 0.3 is 5.97 Å². The van der Waals surface area contributed by atoms with E-state index < -0.39 is 6.04 Å². The van der Waals surface area contributed by atoms with Crippen LogP contribution in [-0.4, -0.2) is 31.6 Å². The number of rotatable bonds is 1. The molecule has 0 saturated heterocycles. The SMILES string of the molecule is COC(=O)[C@@H]1N=CO[C@H]1C. The summed E-state index contributed by atoms with van der Waals surface area (Å²) in [5.74, 6) is -0.346. The quantitative estimate of drug-likeness (QED) is 0.484. The molecule has 1 heterocycles. The third kappa shape index (κ3) is 1.10. The van der Waals surface area contributed by atoms with Gasteiger partial charge in [-0.3, -0.25) is 0 Å². The molecule has 2 atom stereocenters. The van der Waals surface area contributed by atoms with Crippen molar-refractivity contribution in [2.75, 3.05) is 7.11 Å². The lowest BCUT2D eigenvalue weighted by Crippen LogP contribution is -2.28. The Bertz CT molecular complexity index is 166. The van der Waals surface area contributed by atoms with Gasteiger partial charge in [-0.1, -0.05) is 0 Å². The van der Waals surface area contributed by atoms with Crippen LogP contribution in [0.3, 0.4) is 0 Å². The molecule has 0 spiro atoms. The molecular weight excluding hydrogens is 134 g/mol. The summed E-state index contributed by atoms with van der Waals surface area (Å²) in [6, 6.07) is -0.468. The predicted molar refractivity (Wildman–Crippen MR) is 34.8 cm³/mol. The number of esters is 1. The van der Waals surface area contributed by atoms with E-state index in [-0.39, 0.29) is 12.1 Å². The number of hydrogen-bond donors (Lipinski definition) is 0. The van der Waals surface area contributed by atoms with E-state index >= 15 is 0 Å². The average Bonchev–Trinajstić information content (AvgIpc) is 2.34. The Kier molecular flexibility index (Phi) is 1.89. The zero-order valence-electron chi connectivity index (χ0n) is 5.90. The fourth-order valence-electron chi connectivity index (χ4n) is 0.766. The Labute approximate surface area is 58.8 Å². The van der Waals surface area contributed by atoms with E-state index in [0.29, 0.717) is 0 Å². The Hall–Kier alpha value is -1.06. The van der Waals surface area contributed by atoms with Gasteiger partial charge in [-0.05, 0) is 6.92 Å². The summed E-state index contributed by atoms with van der Waals surface area (Å²) < 4.78 is 9.37. The van der Waals surface area contributed by atoms with Gasteiger partial charge in [0, 0.05) is 0 Å². The minimum absolute atomic E-state index is 0.188. The van der Waals surface area contributed by atoms with Crippen LogP contribution >= 0.6 is 0 Å². The number of methoxy groups -OCH3 is 1. The van der Waals surface area contributed by atoms with Gasteiger partial charge in [-0.25, -0.2) is 9.79 Å². The Morgan fingerprint density at radius 3 is 2.90 bits per heavy atom. The van der Waals surface area contributed by atoms with Crippen LogP contribution in [0.5, 0.6) is 0 Å². The first-order valence-electron chi connectivity index (χ1n) is 3.00. The normalized spacial score (nSPS) is 29.8. The van der Waals surface area contributed by atoms with Gasteiger partial charge in [0.25, 0.3) is 0 Å². The monoisotopic (exact) mass is 143 g/mol. The van der Waals surface area contributed by atoms with Crippen molar-refractivity contribution >= 4 is 12.4 Å². The maximum atomic E-state index is 10.8. The van der Waals surface area contributed by atoms with Crippen molar-refractivity contribution < 1.29 is 14.3 Å². The molecule has 4 heteroatoms. The molecule has 0 unspecified atom stereocenters. The highest BCUT2D eigenvalue weighted by atomic mass is 16.5. The van der Waals surface area contributed by atoms with Gasteiger partial charge in [0.1, 0.15) is 6.10 Å². The lowest BCUT2D eigenvalue weighted by atomic mass is 10.2. The van der Waals surface area contributed by atoms with Crippen LogP contribution in [0.25, 0.3) is 0 Å². The van der Waals surface area contributed by atoms with Crippen LogP contribution in [0, 0.1) is 0 Å². The first kappa shape index (κ1) is 7.05. The van der Waals surface area contributed by atoms with Crippen LogP contribution in [0.4, 0.5) is 0 Å². The third-order valence-corrected chi connectivity index (χ3v) is 1.38. The summed E-state index contributed by atoms with van der Waals surface area (Å²) in [4.78, 5) is 14.6. The molecule has 4 nitrogen and oxygen atoms in total. The van der Waals surface area contributed by atoms with Crippen molar-refractivity contribution in [3.8, 4) is 0 Å². The lowest BCUT2D eigenvalue weighted by Gasteiger charge is -2.08. The second-order valence-corrected chi connectivity index (χ2v) is 2.06. The standard InChI is InChI=1S/C6H9NO3/c1-4-5(6(8)9-2)7-3-10-4/h3-5H,1-2H3/t4-,5+/m0/s1. The number of hydrogen-bond acceptors (Lipinski definition) is 4. The molecule has 10 heavy (non-hydrogen) atoms. The minimum atomic E-state index is -0.468. The fourth-order valence-corrected chi connectivity index (χ4v) is 0.766. The van der Waals surface area contributed by atoms with Crippen molar-refractivity contribution in [2.24, 2.45) is 4.99 Å². The number of carbonyl (C=O) groups is 1. The van der Waals surface area contributed by atoms with Crippen LogP contribution in [0.2, 0.25) is 0 Å². The highest BCUT2D eigenvalue weighted by Crippen LogP contribution is 2.09. The average molecular weight is 143 g/mol. The molecule has 0 saturated carbocycles. The third-order valence-electron chi connectivity index (χ3n) is 1.38. The van der Waals surface area contributed by atoms with Crippen molar-refractivity contribution in [3.05, 3.63) is 0 Å². The predicted octanol–water partition coefficient (Wildman–Crippen LogP) is -0.0250. The molecule has 0 radical (unpaired) electrons. The second-order valence-electron chi connectivity index (χ2n) is 2.06. The van der Waals surface area contributed by atoms with Gasteiger partial charge in [0.2, 0.25) is 0 Å². The summed E-state index contributed by atoms with van der Waals surface area (Å²) in [5, 5.41) is 0. The summed E-state index contributed by atoms with van der Waals surface area (Å²) in [6.07, 6.45) is 1.10. The van der Waals surface area contributed by atoms with Gasteiger partial charge in [0.05, 0.1) is 7.11 Å². The number of nitrogens with zero attached hydrogens (tertiary/aromatic N) is 1. The van der Waals surface area contributed by atoms with E-state index in [2.05, 4.69) is 9.73 Å². The first-order valence-corrected chi connectivity index (χ1v) is 3.00. The molecule has 56 valence electrons. The lowest BCUT2D eigenvalue weighted by molar-refractivity contribution is -0.143. The molecule has 1 rings (SSSR count). The van der Waals surface area contributed by atoms with E-state index in [1.807, 2.05) is 0 Å². The number of carbonyl (C=O) groups excluding carboxylic acids is 1. The molecule has 0 bridgehead atoms. The Morgan fingerprint density at radius 1 is 1.80 bits per heavy atom. The molecule has 0 aromatic rings. The molecule has 0 amide bonds. The number of aliphatic imine (C=N–C) groups is 1. The van der Waals surface area contributed by atoms with E-state index in [0.717, 1.165) is 0 Å². The van der Waals surface area contributed by atoms with Crippen LogP contribution < -0.4 is 0 Å². The topological polar surface area (TPSA) is 47.9 Å². The van der Waals surface area contributed by atoms with Crippen molar-refractivity contribution in [3.63, 3.8) is 0 Å². The zero-order chi connectivity index (χ0) is 7.56. The molecule has 0 fully saturated rings. The van der Waals surface area contributed by atoms with Crippen molar-refractivity contribution in [1.29, 1.82) is 0 Å². The van der Waals surface area contributed by atoms with E-state index in [4.69, 9.17) is 4.74 Å². The summed E-state index contributed by atoms with van der Waals surface area (Å²) >= 11 is 0. The van der Waals surface area contributed by atoms with Crippen LogP contribution in [-0.2, 0) is 14.3 Å². The minimum Gasteiger partial charge on any atom is -0.478 e. The molecule has 1 aliphatic rings. The van der Waals surface area contributed by atoms with Crippen LogP contribution in [0.15, 0.2) is 4.99 Å².